The van der Waals surface area contributed by atoms with Gasteiger partial charge >= 0.3 is 0 Å². The summed E-state index contributed by atoms with van der Waals surface area (Å²) in [4.78, 5) is 15.9. The molecule has 0 aliphatic heterocycles. The highest BCUT2D eigenvalue weighted by atomic mass is 16.1. The fourth-order valence-corrected chi connectivity index (χ4v) is 1.50. The summed E-state index contributed by atoms with van der Waals surface area (Å²) in [6.45, 7) is 3.81. The molecule has 0 saturated heterocycles. The highest BCUT2D eigenvalue weighted by Crippen LogP contribution is 2.13. The molecule has 2 rings (SSSR count). The lowest BCUT2D eigenvalue weighted by Gasteiger charge is -2.10. The number of rotatable bonds is 3. The molecule has 16 heavy (non-hydrogen) atoms. The Balaban J connectivity index is 2.22. The number of carbonyl (C=O) groups excluding carboxylic acids is 1. The highest BCUT2D eigenvalue weighted by molar-refractivity contribution is 5.98. The molecule has 0 N–H and O–H groups in total. The van der Waals surface area contributed by atoms with E-state index >= 15 is 0 Å². The molecule has 1 unspecified atom stereocenters. The van der Waals surface area contributed by atoms with Crippen LogP contribution >= 0.6 is 0 Å². The Morgan fingerprint density at radius 2 is 2.00 bits per heavy atom. The molecule has 0 saturated carbocycles. The lowest BCUT2D eigenvalue weighted by molar-refractivity contribution is 0.0928. The summed E-state index contributed by atoms with van der Waals surface area (Å²) < 4.78 is 1.56. The molecular weight excluding hydrogens is 202 g/mol. The van der Waals surface area contributed by atoms with Gasteiger partial charge in [0.25, 0.3) is 0 Å². The predicted molar refractivity (Wildman–Crippen MR) is 60.2 cm³/mol. The molecule has 0 aliphatic rings. The van der Waals surface area contributed by atoms with Gasteiger partial charge in [-0.1, -0.05) is 29.8 Å². The summed E-state index contributed by atoms with van der Waals surface area (Å²) in [5.41, 5.74) is 1.85. The second kappa shape index (κ2) is 4.26. The third-order valence-electron chi connectivity index (χ3n) is 2.55. The normalized spacial score (nSPS) is 12.4. The van der Waals surface area contributed by atoms with E-state index in [1.807, 2.05) is 38.1 Å². The summed E-state index contributed by atoms with van der Waals surface area (Å²) in [6, 6.07) is 7.23. The van der Waals surface area contributed by atoms with Crippen LogP contribution in [-0.4, -0.2) is 20.5 Å². The summed E-state index contributed by atoms with van der Waals surface area (Å²) in [6.07, 6.45) is 2.98. The van der Waals surface area contributed by atoms with Crippen molar-refractivity contribution in [3.63, 3.8) is 0 Å². The van der Waals surface area contributed by atoms with Crippen LogP contribution in [0.25, 0.3) is 0 Å². The van der Waals surface area contributed by atoms with Crippen LogP contribution in [0.1, 0.15) is 28.9 Å². The summed E-state index contributed by atoms with van der Waals surface area (Å²) in [5.74, 6) is 0.0468. The van der Waals surface area contributed by atoms with Crippen LogP contribution in [0, 0.1) is 6.92 Å². The van der Waals surface area contributed by atoms with Gasteiger partial charge in [0.2, 0.25) is 0 Å². The van der Waals surface area contributed by atoms with Gasteiger partial charge < -0.3 is 0 Å². The molecule has 1 aromatic carbocycles. The molecule has 0 aliphatic carbocycles. The van der Waals surface area contributed by atoms with Gasteiger partial charge in [-0.3, -0.25) is 4.79 Å². The second-order valence-electron chi connectivity index (χ2n) is 3.78. The zero-order valence-electron chi connectivity index (χ0n) is 9.29. The summed E-state index contributed by atoms with van der Waals surface area (Å²) in [5, 5.41) is 3.97. The molecule has 4 nitrogen and oxygen atoms in total. The van der Waals surface area contributed by atoms with Gasteiger partial charge in [-0.25, -0.2) is 9.67 Å². The number of hydrogen-bond donors (Lipinski definition) is 0. The van der Waals surface area contributed by atoms with Gasteiger partial charge in [0.15, 0.2) is 5.78 Å². The number of aromatic nitrogens is 3. The minimum Gasteiger partial charge on any atom is -0.292 e. The van der Waals surface area contributed by atoms with Gasteiger partial charge in [0.05, 0.1) is 0 Å². The van der Waals surface area contributed by atoms with Crippen LogP contribution in [0.3, 0.4) is 0 Å². The Bertz CT molecular complexity index is 473. The molecule has 82 valence electrons. The first-order chi connectivity index (χ1) is 7.68. The van der Waals surface area contributed by atoms with Crippen LogP contribution in [-0.2, 0) is 0 Å². The molecule has 0 radical (unpaired) electrons. The standard InChI is InChI=1S/C12H13N3O/c1-9-3-5-11(6-4-9)12(16)10(2)15-8-13-7-14-15/h3-8,10H,1-2H3. The Morgan fingerprint density at radius 3 is 2.56 bits per heavy atom. The number of nitrogens with zero attached hydrogens (tertiary/aromatic N) is 3. The number of ketones is 1. The zero-order chi connectivity index (χ0) is 11.5. The summed E-state index contributed by atoms with van der Waals surface area (Å²) in [7, 11) is 0. The molecule has 4 heteroatoms. The average Bonchev–Trinajstić information content (AvgIpc) is 2.81. The number of benzene rings is 1. The number of aryl methyl sites for hydroxylation is 1. The van der Waals surface area contributed by atoms with Crippen LogP contribution in [0.5, 0.6) is 0 Å². The second-order valence-corrected chi connectivity index (χ2v) is 3.78. The van der Waals surface area contributed by atoms with E-state index in [0.717, 1.165) is 5.56 Å². The van der Waals surface area contributed by atoms with Crippen molar-refractivity contribution in [3.8, 4) is 0 Å². The van der Waals surface area contributed by atoms with E-state index in [9.17, 15) is 4.79 Å². The van der Waals surface area contributed by atoms with Crippen molar-refractivity contribution in [2.75, 3.05) is 0 Å². The Hall–Kier alpha value is -1.97. The SMILES string of the molecule is Cc1ccc(C(=O)C(C)n2cncn2)cc1. The van der Waals surface area contributed by atoms with Crippen LogP contribution < -0.4 is 0 Å². The van der Waals surface area contributed by atoms with Gasteiger partial charge in [-0.2, -0.15) is 5.10 Å². The molecule has 1 heterocycles. The molecule has 0 bridgehead atoms. The van der Waals surface area contributed by atoms with E-state index in [2.05, 4.69) is 10.1 Å². The van der Waals surface area contributed by atoms with Crippen molar-refractivity contribution < 1.29 is 4.79 Å². The Labute approximate surface area is 93.9 Å². The first-order valence-electron chi connectivity index (χ1n) is 5.13. The largest absolute Gasteiger partial charge is 0.292 e. The van der Waals surface area contributed by atoms with E-state index in [0.29, 0.717) is 5.56 Å². The van der Waals surface area contributed by atoms with Gasteiger partial charge in [0, 0.05) is 5.56 Å². The minimum absolute atomic E-state index is 0.0468. The molecule has 2 aromatic rings. The average molecular weight is 215 g/mol. The van der Waals surface area contributed by atoms with Gasteiger partial charge in [0.1, 0.15) is 18.7 Å². The number of hydrogen-bond acceptors (Lipinski definition) is 3. The molecular formula is C12H13N3O. The quantitative estimate of drug-likeness (QED) is 0.736. The Kier molecular flexibility index (Phi) is 2.81. The van der Waals surface area contributed by atoms with Crippen LogP contribution in [0.15, 0.2) is 36.9 Å². The Morgan fingerprint density at radius 1 is 1.31 bits per heavy atom. The van der Waals surface area contributed by atoms with Crippen molar-refractivity contribution in [3.05, 3.63) is 48.0 Å². The first-order valence-corrected chi connectivity index (χ1v) is 5.13. The third-order valence-corrected chi connectivity index (χ3v) is 2.55. The maximum atomic E-state index is 12.1. The lowest BCUT2D eigenvalue weighted by Crippen LogP contribution is -2.17. The number of Topliss-reactive ketones (excluding diaryl/α,β-unsaturated/α-hetero) is 1. The van der Waals surface area contributed by atoms with Crippen molar-refractivity contribution in [2.45, 2.75) is 19.9 Å². The van der Waals surface area contributed by atoms with E-state index in [1.165, 1.54) is 6.33 Å². The molecule has 0 amide bonds. The monoisotopic (exact) mass is 215 g/mol. The molecule has 0 fully saturated rings. The maximum absolute atomic E-state index is 12.1. The smallest absolute Gasteiger partial charge is 0.187 e. The number of carbonyl (C=O) groups is 1. The van der Waals surface area contributed by atoms with Gasteiger partial charge in [-0.05, 0) is 13.8 Å². The molecule has 1 atom stereocenters. The minimum atomic E-state index is -0.315. The summed E-state index contributed by atoms with van der Waals surface area (Å²) >= 11 is 0. The predicted octanol–water partition coefficient (Wildman–Crippen LogP) is 2.03. The first kappa shape index (κ1) is 10.5. The van der Waals surface area contributed by atoms with E-state index in [1.54, 1.807) is 11.0 Å². The third kappa shape index (κ3) is 2.00. The van der Waals surface area contributed by atoms with E-state index in [4.69, 9.17) is 0 Å². The highest BCUT2D eigenvalue weighted by Gasteiger charge is 2.16. The van der Waals surface area contributed by atoms with Crippen molar-refractivity contribution in [2.24, 2.45) is 0 Å². The van der Waals surface area contributed by atoms with Crippen LogP contribution in [0.2, 0.25) is 0 Å². The van der Waals surface area contributed by atoms with E-state index < -0.39 is 0 Å². The molecule has 1 aromatic heterocycles. The maximum Gasteiger partial charge on any atom is 0.187 e. The fraction of sp³-hybridized carbons (Fsp3) is 0.250. The van der Waals surface area contributed by atoms with E-state index in [-0.39, 0.29) is 11.8 Å². The molecule has 0 spiro atoms. The van der Waals surface area contributed by atoms with Crippen LogP contribution in [0.4, 0.5) is 0 Å². The van der Waals surface area contributed by atoms with Crippen molar-refractivity contribution >= 4 is 5.78 Å². The zero-order valence-corrected chi connectivity index (χ0v) is 9.29. The fourth-order valence-electron chi connectivity index (χ4n) is 1.50. The van der Waals surface area contributed by atoms with Gasteiger partial charge in [-0.15, -0.1) is 0 Å². The lowest BCUT2D eigenvalue weighted by atomic mass is 10.0. The topological polar surface area (TPSA) is 47.8 Å². The van der Waals surface area contributed by atoms with Crippen molar-refractivity contribution in [1.29, 1.82) is 0 Å². The van der Waals surface area contributed by atoms with Crippen molar-refractivity contribution in [1.82, 2.24) is 14.8 Å².